The van der Waals surface area contributed by atoms with Crippen LogP contribution in [-0.4, -0.2) is 43.2 Å². The maximum atomic E-state index is 12.6. The zero-order chi connectivity index (χ0) is 21.3. The van der Waals surface area contributed by atoms with E-state index in [1.807, 2.05) is 42.5 Å². The van der Waals surface area contributed by atoms with Crippen molar-refractivity contribution in [3.05, 3.63) is 70.1 Å². The molecular weight excluding hydrogens is 384 g/mol. The quantitative estimate of drug-likeness (QED) is 0.563. The Morgan fingerprint density at radius 2 is 1.77 bits per heavy atom. The molecule has 158 valence electrons. The maximum absolute atomic E-state index is 12.6. The van der Waals surface area contributed by atoms with Crippen LogP contribution in [0.2, 0.25) is 0 Å². The molecule has 0 unspecified atom stereocenters. The Morgan fingerprint density at radius 1 is 1.03 bits per heavy atom. The Morgan fingerprint density at radius 3 is 2.47 bits per heavy atom. The van der Waals surface area contributed by atoms with Crippen LogP contribution in [0, 0.1) is 0 Å². The van der Waals surface area contributed by atoms with Gasteiger partial charge in [0.05, 0.1) is 37.9 Å². The monoisotopic (exact) mass is 410 g/mol. The van der Waals surface area contributed by atoms with Crippen LogP contribution in [0.3, 0.4) is 0 Å². The third-order valence-electron chi connectivity index (χ3n) is 4.73. The molecular formula is C22H26N4O4. The first-order valence-electron chi connectivity index (χ1n) is 9.74. The molecule has 30 heavy (non-hydrogen) atoms. The van der Waals surface area contributed by atoms with E-state index in [-0.39, 0.29) is 18.1 Å². The molecule has 8 nitrogen and oxygen atoms in total. The number of benzene rings is 2. The highest BCUT2D eigenvalue weighted by molar-refractivity contribution is 5.84. The van der Waals surface area contributed by atoms with Crippen LogP contribution in [0.25, 0.3) is 10.8 Å². The molecule has 0 atom stereocenters. The van der Waals surface area contributed by atoms with Gasteiger partial charge in [-0.1, -0.05) is 30.3 Å². The predicted molar refractivity (Wildman–Crippen MR) is 115 cm³/mol. The van der Waals surface area contributed by atoms with Gasteiger partial charge in [0.1, 0.15) is 5.75 Å². The summed E-state index contributed by atoms with van der Waals surface area (Å²) in [6, 6.07) is 14.7. The van der Waals surface area contributed by atoms with Gasteiger partial charge in [-0.25, -0.2) is 9.48 Å². The van der Waals surface area contributed by atoms with Crippen molar-refractivity contribution in [3.63, 3.8) is 0 Å². The Kier molecular flexibility index (Phi) is 7.40. The van der Waals surface area contributed by atoms with Gasteiger partial charge in [0, 0.05) is 19.0 Å². The number of urea groups is 1. The van der Waals surface area contributed by atoms with E-state index in [4.69, 9.17) is 9.47 Å². The van der Waals surface area contributed by atoms with Gasteiger partial charge in [-0.3, -0.25) is 4.79 Å². The summed E-state index contributed by atoms with van der Waals surface area (Å²) in [5.74, 6) is 0.802. The van der Waals surface area contributed by atoms with Crippen LogP contribution >= 0.6 is 0 Å². The van der Waals surface area contributed by atoms with E-state index in [9.17, 15) is 9.59 Å². The average molecular weight is 410 g/mol. The molecule has 2 N–H and O–H groups in total. The summed E-state index contributed by atoms with van der Waals surface area (Å²) in [6.45, 7) is 1.44. The van der Waals surface area contributed by atoms with Crippen molar-refractivity contribution in [1.29, 1.82) is 0 Å². The molecule has 0 radical (unpaired) electrons. The molecule has 0 aliphatic carbocycles. The highest BCUT2D eigenvalue weighted by Gasteiger charge is 2.11. The smallest absolute Gasteiger partial charge is 0.315 e. The Bertz CT molecular complexity index is 1050. The number of ether oxygens (including phenoxy) is 2. The number of hydrogen-bond acceptors (Lipinski definition) is 5. The summed E-state index contributed by atoms with van der Waals surface area (Å²) >= 11 is 0. The van der Waals surface area contributed by atoms with Crippen molar-refractivity contribution in [1.82, 2.24) is 20.4 Å². The number of carbonyl (C=O) groups is 1. The SMILES string of the molecule is COCCn1nc(CNC(=O)NCCc2ccc(OC)cc2)c2ccccc2c1=O. The summed E-state index contributed by atoms with van der Waals surface area (Å²) in [5, 5.41) is 11.4. The summed E-state index contributed by atoms with van der Waals surface area (Å²) in [4.78, 5) is 24.8. The third-order valence-corrected chi connectivity index (χ3v) is 4.73. The second-order valence-electron chi connectivity index (χ2n) is 6.72. The van der Waals surface area contributed by atoms with Crippen LogP contribution in [0.5, 0.6) is 5.75 Å². The second-order valence-corrected chi connectivity index (χ2v) is 6.72. The highest BCUT2D eigenvalue weighted by Crippen LogP contribution is 2.13. The van der Waals surface area contributed by atoms with Crippen LogP contribution in [0.1, 0.15) is 11.3 Å². The molecule has 0 bridgehead atoms. The molecule has 0 saturated heterocycles. The Labute approximate surface area is 174 Å². The van der Waals surface area contributed by atoms with E-state index >= 15 is 0 Å². The predicted octanol–water partition coefficient (Wildman–Crippen LogP) is 2.09. The van der Waals surface area contributed by atoms with Crippen LogP contribution in [0.4, 0.5) is 4.79 Å². The van der Waals surface area contributed by atoms with Gasteiger partial charge in [0.25, 0.3) is 5.56 Å². The third kappa shape index (κ3) is 5.36. The van der Waals surface area contributed by atoms with E-state index in [1.165, 1.54) is 4.68 Å². The van der Waals surface area contributed by atoms with Crippen molar-refractivity contribution in [3.8, 4) is 5.75 Å². The zero-order valence-corrected chi connectivity index (χ0v) is 17.2. The molecule has 2 amide bonds. The largest absolute Gasteiger partial charge is 0.497 e. The minimum absolute atomic E-state index is 0.171. The molecule has 1 heterocycles. The van der Waals surface area contributed by atoms with Gasteiger partial charge in [0.2, 0.25) is 0 Å². The molecule has 1 aromatic heterocycles. The number of amides is 2. The molecule has 0 aliphatic rings. The molecule has 0 fully saturated rings. The number of methoxy groups -OCH3 is 2. The number of hydrogen-bond donors (Lipinski definition) is 2. The number of carbonyl (C=O) groups excluding carboxylic acids is 1. The van der Waals surface area contributed by atoms with Crippen LogP contribution in [-0.2, 0) is 24.2 Å². The Hall–Kier alpha value is -3.39. The fourth-order valence-electron chi connectivity index (χ4n) is 3.10. The first-order chi connectivity index (χ1) is 14.6. The summed E-state index contributed by atoms with van der Waals surface area (Å²) in [7, 11) is 3.20. The lowest BCUT2D eigenvalue weighted by atomic mass is 10.1. The Balaban J connectivity index is 1.60. The summed E-state index contributed by atoms with van der Waals surface area (Å²) < 4.78 is 11.6. The molecule has 0 aliphatic heterocycles. The minimum Gasteiger partial charge on any atom is -0.497 e. The van der Waals surface area contributed by atoms with Gasteiger partial charge in [0.15, 0.2) is 0 Å². The van der Waals surface area contributed by atoms with E-state index < -0.39 is 0 Å². The van der Waals surface area contributed by atoms with E-state index in [0.29, 0.717) is 37.2 Å². The van der Waals surface area contributed by atoms with E-state index in [0.717, 1.165) is 16.7 Å². The standard InChI is InChI=1S/C22H26N4O4/c1-29-14-13-26-21(27)19-6-4-3-5-18(19)20(25-26)15-24-22(28)23-12-11-16-7-9-17(30-2)10-8-16/h3-10H,11-15H2,1-2H3,(H2,23,24,28). The van der Waals surface area contributed by atoms with Gasteiger partial charge in [-0.2, -0.15) is 5.10 Å². The molecule has 2 aromatic carbocycles. The first kappa shape index (κ1) is 21.3. The number of aromatic nitrogens is 2. The topological polar surface area (TPSA) is 94.5 Å². The minimum atomic E-state index is -0.288. The normalized spacial score (nSPS) is 10.7. The van der Waals surface area contributed by atoms with Gasteiger partial charge in [-0.15, -0.1) is 0 Å². The fraction of sp³-hybridized carbons (Fsp3) is 0.318. The number of rotatable bonds is 9. The van der Waals surface area contributed by atoms with Crippen LogP contribution < -0.4 is 20.9 Å². The zero-order valence-electron chi connectivity index (χ0n) is 17.2. The fourth-order valence-corrected chi connectivity index (χ4v) is 3.10. The van der Waals surface area contributed by atoms with Gasteiger partial charge >= 0.3 is 6.03 Å². The van der Waals surface area contributed by atoms with Crippen molar-refractivity contribution in [2.45, 2.75) is 19.5 Å². The van der Waals surface area contributed by atoms with Gasteiger partial charge in [-0.05, 0) is 30.2 Å². The maximum Gasteiger partial charge on any atom is 0.315 e. The molecule has 0 spiro atoms. The van der Waals surface area contributed by atoms with Gasteiger partial charge < -0.3 is 20.1 Å². The number of nitrogens with zero attached hydrogens (tertiary/aromatic N) is 2. The lowest BCUT2D eigenvalue weighted by Crippen LogP contribution is -2.37. The second kappa shape index (κ2) is 10.4. The average Bonchev–Trinajstić information content (AvgIpc) is 2.78. The molecule has 3 aromatic rings. The first-order valence-corrected chi connectivity index (χ1v) is 9.74. The molecule has 3 rings (SSSR count). The van der Waals surface area contributed by atoms with Crippen LogP contribution in [0.15, 0.2) is 53.3 Å². The highest BCUT2D eigenvalue weighted by atomic mass is 16.5. The lowest BCUT2D eigenvalue weighted by Gasteiger charge is -2.12. The number of nitrogens with one attached hydrogen (secondary N) is 2. The summed E-state index contributed by atoms with van der Waals surface area (Å²) in [6.07, 6.45) is 0.709. The van der Waals surface area contributed by atoms with E-state index in [1.54, 1.807) is 20.3 Å². The van der Waals surface area contributed by atoms with Crippen molar-refractivity contribution < 1.29 is 14.3 Å². The number of fused-ring (bicyclic) bond motifs is 1. The summed E-state index contributed by atoms with van der Waals surface area (Å²) in [5.41, 5.74) is 1.57. The molecule has 0 saturated carbocycles. The van der Waals surface area contributed by atoms with Crippen molar-refractivity contribution in [2.75, 3.05) is 27.4 Å². The van der Waals surface area contributed by atoms with Crippen molar-refractivity contribution >= 4 is 16.8 Å². The van der Waals surface area contributed by atoms with E-state index in [2.05, 4.69) is 15.7 Å². The molecule has 8 heteroatoms. The van der Waals surface area contributed by atoms with Crippen molar-refractivity contribution in [2.24, 2.45) is 0 Å². The lowest BCUT2D eigenvalue weighted by molar-refractivity contribution is 0.181.